The minimum Gasteiger partial charge on any atom is -0.488 e. The topological polar surface area (TPSA) is 35.5 Å². The summed E-state index contributed by atoms with van der Waals surface area (Å²) in [6, 6.07) is 10.9. The van der Waals surface area contributed by atoms with Crippen molar-refractivity contribution in [2.24, 2.45) is 0 Å². The molecule has 126 valence electrons. The number of hydrogen-bond donors (Lipinski definition) is 0. The third-order valence-corrected chi connectivity index (χ3v) is 4.39. The number of esters is 1. The highest BCUT2D eigenvalue weighted by Gasteiger charge is 2.05. The molecule has 2 aromatic rings. The van der Waals surface area contributed by atoms with Gasteiger partial charge < -0.3 is 9.47 Å². The van der Waals surface area contributed by atoms with Gasteiger partial charge in [0.05, 0.1) is 21.1 Å². The zero-order valence-corrected chi connectivity index (χ0v) is 16.0. The monoisotopic (exact) mass is 428 g/mol. The Bertz CT molecular complexity index is 760. The molecule has 3 nitrogen and oxygen atoms in total. The maximum atomic E-state index is 11.3. The summed E-state index contributed by atoms with van der Waals surface area (Å²) in [5.41, 5.74) is 1.78. The number of halogens is 3. The summed E-state index contributed by atoms with van der Waals surface area (Å²) in [5.74, 6) is 0.322. The second-order valence-electron chi connectivity index (χ2n) is 4.81. The summed E-state index contributed by atoms with van der Waals surface area (Å²) in [6.07, 6.45) is 3.08. The number of hydrogen-bond acceptors (Lipinski definition) is 3. The van der Waals surface area contributed by atoms with E-state index in [2.05, 4.69) is 15.9 Å². The average molecular weight is 430 g/mol. The molecule has 0 saturated heterocycles. The van der Waals surface area contributed by atoms with E-state index in [1.54, 1.807) is 25.1 Å². The van der Waals surface area contributed by atoms with Crippen LogP contribution in [0.15, 0.2) is 46.9 Å². The lowest BCUT2D eigenvalue weighted by molar-refractivity contribution is -0.137. The van der Waals surface area contributed by atoms with Gasteiger partial charge in [0.25, 0.3) is 0 Å². The number of rotatable bonds is 6. The van der Waals surface area contributed by atoms with Crippen LogP contribution in [0, 0.1) is 0 Å². The summed E-state index contributed by atoms with van der Waals surface area (Å²) in [6.45, 7) is 2.49. The molecule has 0 aromatic heterocycles. The van der Waals surface area contributed by atoms with E-state index in [9.17, 15) is 4.79 Å². The lowest BCUT2D eigenvalue weighted by Gasteiger charge is -2.09. The maximum absolute atomic E-state index is 11.3. The van der Waals surface area contributed by atoms with E-state index in [0.717, 1.165) is 15.6 Å². The van der Waals surface area contributed by atoms with Crippen molar-refractivity contribution >= 4 is 51.2 Å². The van der Waals surface area contributed by atoms with Crippen molar-refractivity contribution in [2.45, 2.75) is 13.5 Å². The fourth-order valence-corrected chi connectivity index (χ4v) is 2.71. The Morgan fingerprint density at radius 3 is 2.62 bits per heavy atom. The molecule has 0 heterocycles. The first-order valence-corrected chi connectivity index (χ1v) is 8.75. The van der Waals surface area contributed by atoms with Crippen molar-refractivity contribution in [1.82, 2.24) is 0 Å². The molecule has 0 radical (unpaired) electrons. The Balaban J connectivity index is 2.01. The predicted octanol–water partition coefficient (Wildman–Crippen LogP) is 5.91. The zero-order chi connectivity index (χ0) is 17.5. The van der Waals surface area contributed by atoms with Crippen molar-refractivity contribution in [3.63, 3.8) is 0 Å². The lowest BCUT2D eigenvalue weighted by Crippen LogP contribution is -1.98. The van der Waals surface area contributed by atoms with Gasteiger partial charge in [-0.3, -0.25) is 0 Å². The van der Waals surface area contributed by atoms with Gasteiger partial charge in [0.15, 0.2) is 0 Å². The van der Waals surface area contributed by atoms with Crippen LogP contribution in [0.4, 0.5) is 0 Å². The summed E-state index contributed by atoms with van der Waals surface area (Å²) < 4.78 is 11.4. The van der Waals surface area contributed by atoms with Crippen molar-refractivity contribution in [3.05, 3.63) is 68.1 Å². The van der Waals surface area contributed by atoms with E-state index in [1.807, 2.05) is 24.3 Å². The van der Waals surface area contributed by atoms with Crippen molar-refractivity contribution in [1.29, 1.82) is 0 Å². The second-order valence-corrected chi connectivity index (χ2v) is 6.48. The van der Waals surface area contributed by atoms with Crippen LogP contribution in [0.2, 0.25) is 10.0 Å². The average Bonchev–Trinajstić information content (AvgIpc) is 2.55. The van der Waals surface area contributed by atoms with Crippen LogP contribution in [0.25, 0.3) is 6.08 Å². The Morgan fingerprint density at radius 2 is 1.96 bits per heavy atom. The van der Waals surface area contributed by atoms with Gasteiger partial charge in [0, 0.05) is 6.08 Å². The Hall–Kier alpha value is -1.49. The molecule has 0 N–H and O–H groups in total. The number of benzene rings is 2. The van der Waals surface area contributed by atoms with Crippen LogP contribution in [-0.4, -0.2) is 12.6 Å². The van der Waals surface area contributed by atoms with Crippen molar-refractivity contribution in [2.75, 3.05) is 6.61 Å². The van der Waals surface area contributed by atoms with E-state index in [1.165, 1.54) is 6.08 Å². The number of carbonyl (C=O) groups excluding carboxylic acids is 1. The normalized spacial score (nSPS) is 10.8. The Kier molecular flexibility index (Phi) is 7.16. The molecule has 0 saturated carbocycles. The van der Waals surface area contributed by atoms with Gasteiger partial charge in [-0.25, -0.2) is 4.79 Å². The van der Waals surface area contributed by atoms with Gasteiger partial charge in [0.2, 0.25) is 0 Å². The van der Waals surface area contributed by atoms with E-state index < -0.39 is 0 Å². The maximum Gasteiger partial charge on any atom is 0.330 e. The highest BCUT2D eigenvalue weighted by Crippen LogP contribution is 2.28. The van der Waals surface area contributed by atoms with Gasteiger partial charge in [-0.2, -0.15) is 0 Å². The van der Waals surface area contributed by atoms with Crippen molar-refractivity contribution in [3.8, 4) is 5.75 Å². The molecule has 0 aliphatic carbocycles. The van der Waals surface area contributed by atoms with Crippen LogP contribution in [0.1, 0.15) is 18.1 Å². The van der Waals surface area contributed by atoms with E-state index in [4.69, 9.17) is 32.7 Å². The number of ether oxygens (including phenoxy) is 2. The molecule has 2 aromatic carbocycles. The van der Waals surface area contributed by atoms with Crippen LogP contribution < -0.4 is 4.74 Å². The van der Waals surface area contributed by atoms with E-state index in [-0.39, 0.29) is 5.97 Å². The summed E-state index contributed by atoms with van der Waals surface area (Å²) >= 11 is 15.3. The molecule has 0 bridgehead atoms. The molecule has 0 spiro atoms. The smallest absolute Gasteiger partial charge is 0.330 e. The van der Waals surface area contributed by atoms with Crippen molar-refractivity contribution < 1.29 is 14.3 Å². The molecule has 0 aliphatic rings. The van der Waals surface area contributed by atoms with Gasteiger partial charge in [-0.05, 0) is 64.3 Å². The van der Waals surface area contributed by atoms with Crippen LogP contribution in [0.3, 0.4) is 0 Å². The second kappa shape index (κ2) is 9.11. The highest BCUT2D eigenvalue weighted by atomic mass is 79.9. The summed E-state index contributed by atoms with van der Waals surface area (Å²) in [7, 11) is 0. The van der Waals surface area contributed by atoms with Gasteiger partial charge in [-0.1, -0.05) is 35.3 Å². The molecule has 24 heavy (non-hydrogen) atoms. The predicted molar refractivity (Wildman–Crippen MR) is 101 cm³/mol. The third kappa shape index (κ3) is 5.55. The first-order chi connectivity index (χ1) is 11.5. The first kappa shape index (κ1) is 18.8. The van der Waals surface area contributed by atoms with Gasteiger partial charge >= 0.3 is 5.97 Å². The van der Waals surface area contributed by atoms with E-state index >= 15 is 0 Å². The lowest BCUT2D eigenvalue weighted by atomic mass is 10.2. The quantitative estimate of drug-likeness (QED) is 0.422. The van der Waals surface area contributed by atoms with Gasteiger partial charge in [0.1, 0.15) is 12.4 Å². The fraction of sp³-hybridized carbons (Fsp3) is 0.167. The standard InChI is InChI=1S/C18H15BrCl2O3/c1-2-23-18(22)8-5-12-4-7-17(14(19)9-12)24-11-13-3-6-15(20)16(21)10-13/h3-10H,2,11H2,1H3/b8-5+. The molecule has 0 aliphatic heterocycles. The fourth-order valence-electron chi connectivity index (χ4n) is 1.88. The zero-order valence-electron chi connectivity index (χ0n) is 12.9. The minimum absolute atomic E-state index is 0.356. The highest BCUT2D eigenvalue weighted by molar-refractivity contribution is 9.10. The Labute approximate surface area is 159 Å². The van der Waals surface area contributed by atoms with Crippen LogP contribution >= 0.6 is 39.1 Å². The molecule has 0 atom stereocenters. The molecule has 6 heteroatoms. The minimum atomic E-state index is -0.367. The number of carbonyl (C=O) groups is 1. The van der Waals surface area contributed by atoms with Gasteiger partial charge in [-0.15, -0.1) is 0 Å². The van der Waals surface area contributed by atoms with E-state index in [0.29, 0.717) is 29.0 Å². The molecular formula is C18H15BrCl2O3. The molecule has 0 fully saturated rings. The van der Waals surface area contributed by atoms with Crippen LogP contribution in [-0.2, 0) is 16.1 Å². The SMILES string of the molecule is CCOC(=O)/C=C/c1ccc(OCc2ccc(Cl)c(Cl)c2)c(Br)c1. The molecule has 0 amide bonds. The molecule has 2 rings (SSSR count). The first-order valence-electron chi connectivity index (χ1n) is 7.20. The molecule has 0 unspecified atom stereocenters. The third-order valence-electron chi connectivity index (χ3n) is 3.03. The Morgan fingerprint density at radius 1 is 1.17 bits per heavy atom. The summed E-state index contributed by atoms with van der Waals surface area (Å²) in [4.78, 5) is 11.3. The summed E-state index contributed by atoms with van der Waals surface area (Å²) in [5, 5.41) is 1.01. The largest absolute Gasteiger partial charge is 0.488 e. The van der Waals surface area contributed by atoms with Crippen LogP contribution in [0.5, 0.6) is 5.75 Å². The molecular weight excluding hydrogens is 415 g/mol.